The highest BCUT2D eigenvalue weighted by Gasteiger charge is 2.32. The molecule has 0 saturated carbocycles. The molecule has 1 unspecified atom stereocenters. The number of rotatable bonds is 3. The summed E-state index contributed by atoms with van der Waals surface area (Å²) < 4.78 is 0. The van der Waals surface area contributed by atoms with E-state index in [-0.39, 0.29) is 11.3 Å². The second kappa shape index (κ2) is 6.10. The third-order valence-electron chi connectivity index (χ3n) is 4.21. The number of H-pyrrole nitrogens is 1. The summed E-state index contributed by atoms with van der Waals surface area (Å²) in [5, 5.41) is 6.69. The fraction of sp³-hybridized carbons (Fsp3) is 0.529. The van der Waals surface area contributed by atoms with Crippen LogP contribution in [-0.4, -0.2) is 44.1 Å². The maximum absolute atomic E-state index is 12.3. The number of hydrogen-bond acceptors (Lipinski definition) is 4. The van der Waals surface area contributed by atoms with Gasteiger partial charge in [-0.1, -0.05) is 20.8 Å². The van der Waals surface area contributed by atoms with Crippen molar-refractivity contribution in [3.63, 3.8) is 0 Å². The molecule has 6 nitrogen and oxygen atoms in total. The quantitative estimate of drug-likeness (QED) is 0.943. The molecule has 0 bridgehead atoms. The number of hydrogen-bond donors (Lipinski definition) is 1. The Morgan fingerprint density at radius 3 is 2.74 bits per heavy atom. The average molecular weight is 313 g/mol. The minimum Gasteiger partial charge on any atom is -0.342 e. The molecule has 1 amide bonds. The largest absolute Gasteiger partial charge is 0.342 e. The van der Waals surface area contributed by atoms with Gasteiger partial charge in [-0.2, -0.15) is 5.10 Å². The van der Waals surface area contributed by atoms with Gasteiger partial charge in [0.25, 0.3) is 0 Å². The van der Waals surface area contributed by atoms with Crippen LogP contribution in [0, 0.1) is 11.3 Å². The normalized spacial score (nSPS) is 18.4. The van der Waals surface area contributed by atoms with Crippen LogP contribution in [0.1, 0.15) is 32.9 Å². The molecule has 122 valence electrons. The van der Waals surface area contributed by atoms with E-state index in [1.54, 1.807) is 18.6 Å². The zero-order chi connectivity index (χ0) is 16.4. The molecule has 1 aliphatic heterocycles. The summed E-state index contributed by atoms with van der Waals surface area (Å²) in [6, 6.07) is 0. The summed E-state index contributed by atoms with van der Waals surface area (Å²) >= 11 is 0. The Kier molecular flexibility index (Phi) is 4.15. The molecule has 0 aliphatic carbocycles. The van der Waals surface area contributed by atoms with Gasteiger partial charge >= 0.3 is 0 Å². The van der Waals surface area contributed by atoms with Gasteiger partial charge in [-0.05, 0) is 18.8 Å². The molecule has 6 heteroatoms. The molecule has 23 heavy (non-hydrogen) atoms. The first-order valence-electron chi connectivity index (χ1n) is 8.03. The van der Waals surface area contributed by atoms with Gasteiger partial charge in [-0.3, -0.25) is 19.9 Å². The van der Waals surface area contributed by atoms with E-state index < -0.39 is 0 Å². The van der Waals surface area contributed by atoms with Crippen LogP contribution in [0.2, 0.25) is 0 Å². The lowest BCUT2D eigenvalue weighted by Gasteiger charge is -2.25. The van der Waals surface area contributed by atoms with Gasteiger partial charge in [-0.25, -0.2) is 0 Å². The van der Waals surface area contributed by atoms with Crippen molar-refractivity contribution in [2.75, 3.05) is 13.1 Å². The maximum Gasteiger partial charge on any atom is 0.227 e. The van der Waals surface area contributed by atoms with E-state index in [9.17, 15) is 4.79 Å². The number of aromatic amines is 1. The van der Waals surface area contributed by atoms with Crippen LogP contribution < -0.4 is 0 Å². The molecular weight excluding hydrogens is 290 g/mol. The van der Waals surface area contributed by atoms with Crippen molar-refractivity contribution >= 4 is 5.91 Å². The summed E-state index contributed by atoms with van der Waals surface area (Å²) in [5.41, 5.74) is 2.43. The third kappa shape index (κ3) is 3.57. The molecule has 1 fully saturated rings. The molecule has 0 aromatic carbocycles. The number of carbonyl (C=O) groups excluding carboxylic acids is 1. The molecule has 1 saturated heterocycles. The van der Waals surface area contributed by atoms with Crippen molar-refractivity contribution in [1.29, 1.82) is 0 Å². The van der Waals surface area contributed by atoms with Gasteiger partial charge in [-0.15, -0.1) is 0 Å². The van der Waals surface area contributed by atoms with Gasteiger partial charge in [0.2, 0.25) is 5.91 Å². The van der Waals surface area contributed by atoms with Crippen molar-refractivity contribution in [2.24, 2.45) is 11.3 Å². The smallest absolute Gasteiger partial charge is 0.227 e. The van der Waals surface area contributed by atoms with Gasteiger partial charge in [0, 0.05) is 36.5 Å². The fourth-order valence-corrected chi connectivity index (χ4v) is 2.95. The zero-order valence-electron chi connectivity index (χ0n) is 13.9. The van der Waals surface area contributed by atoms with Crippen molar-refractivity contribution in [2.45, 2.75) is 33.6 Å². The second-order valence-corrected chi connectivity index (χ2v) is 7.24. The first kappa shape index (κ1) is 15.6. The van der Waals surface area contributed by atoms with Gasteiger partial charge in [0.05, 0.1) is 23.8 Å². The third-order valence-corrected chi connectivity index (χ3v) is 4.21. The molecule has 2 aromatic heterocycles. The summed E-state index contributed by atoms with van der Waals surface area (Å²) in [5.74, 6) is 0.705. The second-order valence-electron chi connectivity index (χ2n) is 7.24. The van der Waals surface area contributed by atoms with E-state index >= 15 is 0 Å². The Morgan fingerprint density at radius 2 is 2.13 bits per heavy atom. The topological polar surface area (TPSA) is 74.8 Å². The van der Waals surface area contributed by atoms with Gasteiger partial charge in [0.15, 0.2) is 0 Å². The molecule has 0 spiro atoms. The van der Waals surface area contributed by atoms with E-state index in [2.05, 4.69) is 20.2 Å². The first-order valence-corrected chi connectivity index (χ1v) is 8.03. The fourth-order valence-electron chi connectivity index (χ4n) is 2.95. The Bertz CT molecular complexity index is 657. The molecule has 2 aromatic rings. The molecule has 1 atom stereocenters. The summed E-state index contributed by atoms with van der Waals surface area (Å²) in [6.45, 7) is 7.59. The van der Waals surface area contributed by atoms with Crippen LogP contribution in [0.25, 0.3) is 11.3 Å². The average Bonchev–Trinajstić information content (AvgIpc) is 3.17. The lowest BCUT2D eigenvalue weighted by Crippen LogP contribution is -2.38. The van der Waals surface area contributed by atoms with E-state index in [1.807, 2.05) is 31.9 Å². The van der Waals surface area contributed by atoms with E-state index in [4.69, 9.17) is 0 Å². The number of likely N-dealkylation sites (tertiary alicyclic amines) is 1. The Labute approximate surface area is 136 Å². The van der Waals surface area contributed by atoms with Crippen LogP contribution >= 0.6 is 0 Å². The van der Waals surface area contributed by atoms with Crippen LogP contribution in [-0.2, 0) is 11.2 Å². The summed E-state index contributed by atoms with van der Waals surface area (Å²) in [4.78, 5) is 23.3. The van der Waals surface area contributed by atoms with Crippen molar-refractivity contribution in [3.05, 3.63) is 30.5 Å². The first-order chi connectivity index (χ1) is 10.9. The zero-order valence-corrected chi connectivity index (χ0v) is 13.9. The van der Waals surface area contributed by atoms with E-state index in [0.717, 1.165) is 42.9 Å². The van der Waals surface area contributed by atoms with Crippen LogP contribution in [0.5, 0.6) is 0 Å². The molecule has 0 radical (unpaired) electrons. The van der Waals surface area contributed by atoms with E-state index in [1.165, 1.54) is 0 Å². The summed E-state index contributed by atoms with van der Waals surface area (Å²) in [6.07, 6.45) is 9.05. The Balaban J connectivity index is 1.59. The van der Waals surface area contributed by atoms with Crippen molar-refractivity contribution in [1.82, 2.24) is 25.1 Å². The number of carbonyl (C=O) groups is 1. The monoisotopic (exact) mass is 313 g/mol. The highest BCUT2D eigenvalue weighted by molar-refractivity contribution is 5.81. The maximum atomic E-state index is 12.3. The van der Waals surface area contributed by atoms with E-state index in [0.29, 0.717) is 5.92 Å². The lowest BCUT2D eigenvalue weighted by atomic mass is 9.95. The molecule has 3 rings (SSSR count). The van der Waals surface area contributed by atoms with Crippen LogP contribution in [0.3, 0.4) is 0 Å². The lowest BCUT2D eigenvalue weighted by molar-refractivity contribution is -0.138. The van der Waals surface area contributed by atoms with Crippen LogP contribution in [0.15, 0.2) is 24.8 Å². The number of amides is 1. The molecular formula is C17H23N5O. The minimum atomic E-state index is -0.305. The standard InChI is InChI=1S/C17H23N5O/c1-17(2,3)16(23)22-5-4-12(11-22)6-14-9-19-15(10-18-14)13-7-20-21-8-13/h7-10,12H,4-6,11H2,1-3H3,(H,20,21). The number of aromatic nitrogens is 4. The Morgan fingerprint density at radius 1 is 1.30 bits per heavy atom. The van der Waals surface area contributed by atoms with Crippen molar-refractivity contribution in [3.8, 4) is 11.3 Å². The number of nitrogens with zero attached hydrogens (tertiary/aromatic N) is 4. The molecule has 1 N–H and O–H groups in total. The SMILES string of the molecule is CC(C)(C)C(=O)N1CCC(Cc2cnc(-c3cn[nH]c3)cn2)C1. The minimum absolute atomic E-state index is 0.237. The predicted molar refractivity (Wildman–Crippen MR) is 87.5 cm³/mol. The van der Waals surface area contributed by atoms with Gasteiger partial charge in [0.1, 0.15) is 0 Å². The highest BCUT2D eigenvalue weighted by Crippen LogP contribution is 2.25. The van der Waals surface area contributed by atoms with Crippen molar-refractivity contribution < 1.29 is 4.79 Å². The summed E-state index contributed by atoms with van der Waals surface area (Å²) in [7, 11) is 0. The number of nitrogens with one attached hydrogen (secondary N) is 1. The highest BCUT2D eigenvalue weighted by atomic mass is 16.2. The Hall–Kier alpha value is -2.24. The predicted octanol–water partition coefficient (Wildman–Crippen LogP) is 2.30. The van der Waals surface area contributed by atoms with Crippen LogP contribution in [0.4, 0.5) is 0 Å². The molecule has 1 aliphatic rings. The van der Waals surface area contributed by atoms with Gasteiger partial charge < -0.3 is 4.90 Å². The molecule has 3 heterocycles.